The molecule has 0 saturated heterocycles. The van der Waals surface area contributed by atoms with E-state index in [4.69, 9.17) is 0 Å². The normalized spacial score (nSPS) is 11.7. The maximum atomic E-state index is 2.57. The van der Waals surface area contributed by atoms with Crippen LogP contribution in [0.15, 0.2) is 12.4 Å². The van der Waals surface area contributed by atoms with E-state index in [-0.39, 0.29) is 0 Å². The van der Waals surface area contributed by atoms with E-state index < -0.39 is 0 Å². The molecular weight excluding hydrogens is 400 g/mol. The molecule has 2 heteroatoms. The number of rotatable bonds is 24. The summed E-state index contributed by atoms with van der Waals surface area (Å²) in [6.07, 6.45) is 35.8. The van der Waals surface area contributed by atoms with Gasteiger partial charge in [0.1, 0.15) is 12.4 Å². The zero-order valence-corrected chi connectivity index (χ0v) is 23.4. The van der Waals surface area contributed by atoms with Gasteiger partial charge in [0.25, 0.3) is 5.82 Å². The van der Waals surface area contributed by atoms with Crippen molar-refractivity contribution in [1.29, 1.82) is 0 Å². The zero-order chi connectivity index (χ0) is 24.0. The molecule has 0 amide bonds. The summed E-state index contributed by atoms with van der Waals surface area (Å²) in [6, 6.07) is 0.571. The maximum absolute atomic E-state index is 2.57. The first-order valence-electron chi connectivity index (χ1n) is 15.3. The highest BCUT2D eigenvalue weighted by atomic mass is 15.2. The number of unbranched alkanes of at least 4 members (excludes halogenated alkanes) is 19. The second kappa shape index (κ2) is 21.7. The van der Waals surface area contributed by atoms with Gasteiger partial charge >= 0.3 is 0 Å². The molecule has 194 valence electrons. The van der Waals surface area contributed by atoms with E-state index in [1.807, 2.05) is 0 Å². The lowest BCUT2D eigenvalue weighted by Gasteiger charge is -2.08. The van der Waals surface area contributed by atoms with Crippen LogP contribution in [0.2, 0.25) is 0 Å². The lowest BCUT2D eigenvalue weighted by Crippen LogP contribution is -2.37. The molecule has 0 aliphatic heterocycles. The molecule has 1 rings (SSSR count). The Morgan fingerprint density at radius 2 is 0.970 bits per heavy atom. The Hall–Kier alpha value is -0.790. The summed E-state index contributed by atoms with van der Waals surface area (Å²) in [4.78, 5) is 0. The molecule has 2 nitrogen and oxygen atoms in total. The van der Waals surface area contributed by atoms with Gasteiger partial charge in [-0.25, -0.2) is 9.13 Å². The molecule has 0 radical (unpaired) electrons. The number of hydrogen-bond donors (Lipinski definition) is 0. The molecule has 0 aliphatic rings. The van der Waals surface area contributed by atoms with Crippen LogP contribution in [0.4, 0.5) is 0 Å². The third kappa shape index (κ3) is 15.7. The van der Waals surface area contributed by atoms with E-state index in [9.17, 15) is 0 Å². The van der Waals surface area contributed by atoms with E-state index in [1.165, 1.54) is 148 Å². The van der Waals surface area contributed by atoms with Crippen molar-refractivity contribution in [2.45, 2.75) is 182 Å². The van der Waals surface area contributed by atoms with Crippen molar-refractivity contribution < 1.29 is 4.57 Å². The van der Waals surface area contributed by atoms with Crippen LogP contribution >= 0.6 is 0 Å². The van der Waals surface area contributed by atoms with Gasteiger partial charge < -0.3 is 0 Å². The summed E-state index contributed by atoms with van der Waals surface area (Å²) in [5.41, 5.74) is 0. The van der Waals surface area contributed by atoms with Crippen LogP contribution in [0.5, 0.6) is 0 Å². The van der Waals surface area contributed by atoms with Crippen molar-refractivity contribution in [2.24, 2.45) is 0 Å². The average Bonchev–Trinajstić information content (AvgIpc) is 3.21. The Balaban J connectivity index is 2.14. The van der Waals surface area contributed by atoms with Gasteiger partial charge in [-0.05, 0) is 33.1 Å². The van der Waals surface area contributed by atoms with Gasteiger partial charge in [-0.15, -0.1) is 0 Å². The fourth-order valence-corrected chi connectivity index (χ4v) is 5.14. The van der Waals surface area contributed by atoms with Crippen LogP contribution in [0.1, 0.15) is 174 Å². The average molecular weight is 462 g/mol. The topological polar surface area (TPSA) is 8.81 Å². The Kier molecular flexibility index (Phi) is 19.9. The summed E-state index contributed by atoms with van der Waals surface area (Å²) in [7, 11) is 0. The number of aromatic nitrogens is 2. The van der Waals surface area contributed by atoms with Crippen molar-refractivity contribution in [3.05, 3.63) is 18.2 Å². The van der Waals surface area contributed by atoms with Gasteiger partial charge in [-0.3, -0.25) is 0 Å². The zero-order valence-electron chi connectivity index (χ0n) is 23.4. The Morgan fingerprint density at radius 1 is 0.576 bits per heavy atom. The molecule has 33 heavy (non-hydrogen) atoms. The van der Waals surface area contributed by atoms with E-state index in [0.29, 0.717) is 6.04 Å². The maximum Gasteiger partial charge on any atom is 0.256 e. The fraction of sp³-hybridized carbons (Fsp3) is 0.903. The molecule has 0 bridgehead atoms. The lowest BCUT2D eigenvalue weighted by atomic mass is 10.0. The number of imidazole rings is 1. The molecule has 1 aromatic heterocycles. The van der Waals surface area contributed by atoms with Crippen LogP contribution in [0, 0.1) is 0 Å². The van der Waals surface area contributed by atoms with Crippen molar-refractivity contribution >= 4 is 0 Å². The molecule has 0 fully saturated rings. The van der Waals surface area contributed by atoms with E-state index in [2.05, 4.69) is 49.2 Å². The highest BCUT2D eigenvalue weighted by molar-refractivity contribution is 4.86. The molecule has 0 spiro atoms. The standard InChI is InChI=1S/C31H61N2/c1-5-7-9-11-13-15-16-17-18-19-20-22-24-26-31-32(28-29-33(31)30(3)4)27-25-23-21-14-12-10-8-6-2/h28-30H,5-27H2,1-4H3/q+1. The summed E-state index contributed by atoms with van der Waals surface area (Å²) < 4.78 is 5.09. The molecule has 0 aliphatic carbocycles. The Morgan fingerprint density at radius 3 is 1.39 bits per heavy atom. The van der Waals surface area contributed by atoms with Gasteiger partial charge in [0.2, 0.25) is 0 Å². The minimum Gasteiger partial charge on any atom is -0.234 e. The van der Waals surface area contributed by atoms with Gasteiger partial charge in [-0.1, -0.05) is 129 Å². The summed E-state index contributed by atoms with van der Waals surface area (Å²) in [6.45, 7) is 10.5. The van der Waals surface area contributed by atoms with Crippen molar-refractivity contribution in [2.75, 3.05) is 0 Å². The highest BCUT2D eigenvalue weighted by Gasteiger charge is 2.18. The molecule has 0 unspecified atom stereocenters. The number of aryl methyl sites for hydroxylation is 1. The van der Waals surface area contributed by atoms with E-state index in [1.54, 1.807) is 5.82 Å². The highest BCUT2D eigenvalue weighted by Crippen LogP contribution is 2.15. The smallest absolute Gasteiger partial charge is 0.234 e. The third-order valence-corrected chi connectivity index (χ3v) is 7.35. The largest absolute Gasteiger partial charge is 0.256 e. The molecule has 0 saturated carbocycles. The predicted molar refractivity (Wildman–Crippen MR) is 147 cm³/mol. The Labute approximate surface area is 208 Å². The second-order valence-electron chi connectivity index (χ2n) is 10.9. The van der Waals surface area contributed by atoms with Crippen molar-refractivity contribution in [3.63, 3.8) is 0 Å². The van der Waals surface area contributed by atoms with Crippen LogP contribution in [0.25, 0.3) is 0 Å². The molecule has 0 atom stereocenters. The van der Waals surface area contributed by atoms with E-state index in [0.717, 1.165) is 0 Å². The van der Waals surface area contributed by atoms with Crippen molar-refractivity contribution in [3.8, 4) is 0 Å². The fourth-order valence-electron chi connectivity index (χ4n) is 5.14. The minimum absolute atomic E-state index is 0.571. The molecule has 1 aromatic rings. The lowest BCUT2D eigenvalue weighted by molar-refractivity contribution is -0.704. The van der Waals surface area contributed by atoms with Gasteiger partial charge in [-0.2, -0.15) is 0 Å². The minimum atomic E-state index is 0.571. The van der Waals surface area contributed by atoms with Crippen LogP contribution in [-0.2, 0) is 13.0 Å². The van der Waals surface area contributed by atoms with Crippen LogP contribution in [-0.4, -0.2) is 4.57 Å². The van der Waals surface area contributed by atoms with Crippen molar-refractivity contribution in [1.82, 2.24) is 4.57 Å². The summed E-state index contributed by atoms with van der Waals surface area (Å²) in [5.74, 6) is 1.57. The van der Waals surface area contributed by atoms with Crippen LogP contribution in [0.3, 0.4) is 0 Å². The van der Waals surface area contributed by atoms with Gasteiger partial charge in [0.05, 0.1) is 12.6 Å². The number of nitrogens with zero attached hydrogens (tertiary/aromatic N) is 2. The first-order valence-corrected chi connectivity index (χ1v) is 15.3. The second-order valence-corrected chi connectivity index (χ2v) is 10.9. The molecule has 0 N–H and O–H groups in total. The molecular formula is C31H61N2+. The molecule has 1 heterocycles. The predicted octanol–water partition coefficient (Wildman–Crippen LogP) is 10.1. The van der Waals surface area contributed by atoms with Gasteiger partial charge in [0, 0.05) is 6.42 Å². The Bertz CT molecular complexity index is 531. The first-order chi connectivity index (χ1) is 16.2. The monoisotopic (exact) mass is 461 g/mol. The van der Waals surface area contributed by atoms with E-state index >= 15 is 0 Å². The van der Waals surface area contributed by atoms with Crippen LogP contribution < -0.4 is 4.57 Å². The summed E-state index contributed by atoms with van der Waals surface area (Å²) >= 11 is 0. The third-order valence-electron chi connectivity index (χ3n) is 7.35. The first kappa shape index (κ1) is 30.2. The summed E-state index contributed by atoms with van der Waals surface area (Å²) in [5, 5.41) is 0. The molecule has 0 aromatic carbocycles. The van der Waals surface area contributed by atoms with Gasteiger partial charge in [0.15, 0.2) is 0 Å². The number of hydrogen-bond acceptors (Lipinski definition) is 0. The quantitative estimate of drug-likeness (QED) is 0.107. The SMILES string of the molecule is CCCCCCCCCCCCCCCc1n(C(C)C)cc[n+]1CCCCCCCCCC.